The molecule has 0 spiro atoms. The monoisotopic (exact) mass is 451 g/mol. The summed E-state index contributed by atoms with van der Waals surface area (Å²) in [5.41, 5.74) is 1.91. The number of aryl methyl sites for hydroxylation is 1. The molecule has 1 aliphatic heterocycles. The summed E-state index contributed by atoms with van der Waals surface area (Å²) >= 11 is 3.02. The Morgan fingerprint density at radius 2 is 1.71 bits per heavy atom. The third-order valence-electron chi connectivity index (χ3n) is 5.35. The molecule has 1 saturated heterocycles. The highest BCUT2D eigenvalue weighted by Gasteiger charge is 2.32. The Balaban J connectivity index is 1.40. The van der Waals surface area contributed by atoms with E-state index in [4.69, 9.17) is 0 Å². The first-order valence-corrected chi connectivity index (χ1v) is 12.1. The number of nitrogens with zero attached hydrogens (tertiary/aromatic N) is 2. The lowest BCUT2D eigenvalue weighted by molar-refractivity contribution is -0.134. The summed E-state index contributed by atoms with van der Waals surface area (Å²) in [5, 5.41) is 5.18. The Hall–Kier alpha value is -2.64. The third-order valence-corrected chi connectivity index (χ3v) is 7.48. The van der Waals surface area contributed by atoms with Gasteiger partial charge in [-0.2, -0.15) is 0 Å². The van der Waals surface area contributed by atoms with Gasteiger partial charge in [0.1, 0.15) is 5.25 Å². The van der Waals surface area contributed by atoms with Crippen LogP contribution in [0.3, 0.4) is 0 Å². The molecule has 1 fully saturated rings. The van der Waals surface area contributed by atoms with Gasteiger partial charge in [0.15, 0.2) is 5.13 Å². The molecule has 31 heavy (non-hydrogen) atoms. The molecule has 2 amide bonds. The second-order valence-electron chi connectivity index (χ2n) is 7.60. The summed E-state index contributed by atoms with van der Waals surface area (Å²) in [4.78, 5) is 33.3. The van der Waals surface area contributed by atoms with Crippen molar-refractivity contribution >= 4 is 40.0 Å². The average molecular weight is 452 g/mol. The number of amides is 2. The lowest BCUT2D eigenvalue weighted by Gasteiger charge is -2.33. The van der Waals surface area contributed by atoms with Crippen molar-refractivity contribution in [3.05, 3.63) is 77.3 Å². The van der Waals surface area contributed by atoms with Gasteiger partial charge in [-0.25, -0.2) is 4.98 Å². The van der Waals surface area contributed by atoms with Gasteiger partial charge in [-0.05, 0) is 37.5 Å². The molecule has 1 unspecified atom stereocenters. The van der Waals surface area contributed by atoms with Crippen molar-refractivity contribution < 1.29 is 9.59 Å². The number of anilines is 1. The van der Waals surface area contributed by atoms with Crippen molar-refractivity contribution in [1.82, 2.24) is 9.88 Å². The number of rotatable bonds is 6. The number of aromatic nitrogens is 1. The molecule has 0 aliphatic carbocycles. The fraction of sp³-hybridized carbons (Fsp3) is 0.292. The Kier molecular flexibility index (Phi) is 7.04. The Labute approximate surface area is 190 Å². The molecule has 1 aromatic heterocycles. The molecule has 0 bridgehead atoms. The highest BCUT2D eigenvalue weighted by Crippen LogP contribution is 2.37. The van der Waals surface area contributed by atoms with Gasteiger partial charge in [-0.3, -0.25) is 9.59 Å². The van der Waals surface area contributed by atoms with E-state index in [0.717, 1.165) is 16.2 Å². The van der Waals surface area contributed by atoms with Gasteiger partial charge in [-0.15, -0.1) is 23.1 Å². The molecule has 0 radical (unpaired) electrons. The fourth-order valence-electron chi connectivity index (χ4n) is 3.67. The molecule has 4 rings (SSSR count). The maximum atomic E-state index is 13.5. The third kappa shape index (κ3) is 5.54. The number of benzene rings is 2. The molecule has 3 aromatic rings. The van der Waals surface area contributed by atoms with Crippen LogP contribution < -0.4 is 5.32 Å². The lowest BCUT2D eigenvalue weighted by atomic mass is 9.95. The second-order valence-corrected chi connectivity index (χ2v) is 9.64. The van der Waals surface area contributed by atoms with Crippen LogP contribution >= 0.6 is 23.1 Å². The van der Waals surface area contributed by atoms with Crippen LogP contribution in [-0.2, 0) is 9.59 Å². The molecule has 1 N–H and O–H groups in total. The van der Waals surface area contributed by atoms with E-state index >= 15 is 0 Å². The zero-order valence-corrected chi connectivity index (χ0v) is 19.0. The van der Waals surface area contributed by atoms with Crippen molar-refractivity contribution in [1.29, 1.82) is 0 Å². The number of hydrogen-bond donors (Lipinski definition) is 1. The predicted octanol–water partition coefficient (Wildman–Crippen LogP) is 5.16. The molecular formula is C24H25N3O2S2. The zero-order valence-electron chi connectivity index (χ0n) is 17.4. The maximum absolute atomic E-state index is 13.5. The van der Waals surface area contributed by atoms with E-state index in [-0.39, 0.29) is 23.0 Å². The molecule has 0 saturated carbocycles. The minimum absolute atomic E-state index is 0.000260. The smallest absolute Gasteiger partial charge is 0.240 e. The largest absolute Gasteiger partial charge is 0.341 e. The summed E-state index contributed by atoms with van der Waals surface area (Å²) in [5.74, 6) is 0.0133. The van der Waals surface area contributed by atoms with Crippen molar-refractivity contribution in [3.8, 4) is 0 Å². The maximum Gasteiger partial charge on any atom is 0.240 e. The van der Waals surface area contributed by atoms with Gasteiger partial charge in [0.05, 0.1) is 5.69 Å². The van der Waals surface area contributed by atoms with E-state index in [1.807, 2.05) is 77.9 Å². The molecule has 2 heterocycles. The molecule has 5 nitrogen and oxygen atoms in total. The van der Waals surface area contributed by atoms with Crippen molar-refractivity contribution in [2.75, 3.05) is 18.4 Å². The zero-order chi connectivity index (χ0) is 21.6. The fourth-order valence-corrected chi connectivity index (χ4v) is 5.49. The standard InChI is InChI=1S/C24H25N3O2S2/c1-17-16-30-24(25-17)26-22(28)19-12-14-27(15-13-19)23(29)21(18-8-4-2-5-9-18)31-20-10-6-3-7-11-20/h2-11,16,19,21H,12-15H2,1H3,(H,25,26,28). The first-order valence-electron chi connectivity index (χ1n) is 10.4. The van der Waals surface area contributed by atoms with Crippen molar-refractivity contribution in [2.24, 2.45) is 5.92 Å². The van der Waals surface area contributed by atoms with Crippen LogP contribution in [0.4, 0.5) is 5.13 Å². The Bertz CT molecular complexity index is 1020. The van der Waals surface area contributed by atoms with Crippen molar-refractivity contribution in [2.45, 2.75) is 29.9 Å². The molecular weight excluding hydrogens is 426 g/mol. The van der Waals surface area contributed by atoms with Gasteiger partial charge >= 0.3 is 0 Å². The highest BCUT2D eigenvalue weighted by molar-refractivity contribution is 8.00. The Morgan fingerprint density at radius 3 is 2.32 bits per heavy atom. The first-order chi connectivity index (χ1) is 15.1. The second kappa shape index (κ2) is 10.1. The minimum atomic E-state index is -0.299. The number of hydrogen-bond acceptors (Lipinski definition) is 5. The molecule has 1 aliphatic rings. The molecule has 1 atom stereocenters. The summed E-state index contributed by atoms with van der Waals surface area (Å²) < 4.78 is 0. The minimum Gasteiger partial charge on any atom is -0.341 e. The number of thiazole rings is 1. The average Bonchev–Trinajstić information content (AvgIpc) is 3.23. The predicted molar refractivity (Wildman–Crippen MR) is 126 cm³/mol. The van der Waals surface area contributed by atoms with E-state index in [1.165, 1.54) is 11.3 Å². The van der Waals surface area contributed by atoms with Gasteiger partial charge in [0.25, 0.3) is 0 Å². The van der Waals surface area contributed by atoms with Crippen LogP contribution in [0.15, 0.2) is 70.9 Å². The number of nitrogens with one attached hydrogen (secondary N) is 1. The SMILES string of the molecule is Cc1csc(NC(=O)C2CCN(C(=O)C(Sc3ccccc3)c3ccccc3)CC2)n1. The number of carbonyl (C=O) groups is 2. The first kappa shape index (κ1) is 21.6. The number of likely N-dealkylation sites (tertiary alicyclic amines) is 1. The normalized spacial score (nSPS) is 15.5. The molecule has 2 aromatic carbocycles. The number of piperidine rings is 1. The van der Waals surface area contributed by atoms with E-state index < -0.39 is 0 Å². The summed E-state index contributed by atoms with van der Waals surface area (Å²) in [6, 6.07) is 19.9. The number of carbonyl (C=O) groups excluding carboxylic acids is 2. The number of thioether (sulfide) groups is 1. The highest BCUT2D eigenvalue weighted by atomic mass is 32.2. The van der Waals surface area contributed by atoms with Gasteiger partial charge in [0, 0.05) is 29.3 Å². The van der Waals surface area contributed by atoms with E-state index in [1.54, 1.807) is 11.8 Å². The quantitative estimate of drug-likeness (QED) is 0.526. The van der Waals surface area contributed by atoms with Gasteiger partial charge in [-0.1, -0.05) is 48.5 Å². The van der Waals surface area contributed by atoms with E-state index in [9.17, 15) is 9.59 Å². The van der Waals surface area contributed by atoms with Crippen LogP contribution in [0.2, 0.25) is 0 Å². The van der Waals surface area contributed by atoms with Crippen LogP contribution in [0, 0.1) is 12.8 Å². The summed E-state index contributed by atoms with van der Waals surface area (Å²) in [6.07, 6.45) is 1.33. The molecule has 7 heteroatoms. The topological polar surface area (TPSA) is 62.3 Å². The van der Waals surface area contributed by atoms with Crippen molar-refractivity contribution in [3.63, 3.8) is 0 Å². The van der Waals surface area contributed by atoms with Crippen LogP contribution in [0.1, 0.15) is 29.3 Å². The summed E-state index contributed by atoms with van der Waals surface area (Å²) in [7, 11) is 0. The van der Waals surface area contributed by atoms with Crippen LogP contribution in [0.25, 0.3) is 0 Å². The molecule has 160 valence electrons. The van der Waals surface area contributed by atoms with Crippen LogP contribution in [0.5, 0.6) is 0 Å². The van der Waals surface area contributed by atoms with E-state index in [2.05, 4.69) is 10.3 Å². The van der Waals surface area contributed by atoms with Gasteiger partial charge < -0.3 is 10.2 Å². The lowest BCUT2D eigenvalue weighted by Crippen LogP contribution is -2.43. The summed E-state index contributed by atoms with van der Waals surface area (Å²) in [6.45, 7) is 3.09. The van der Waals surface area contributed by atoms with Crippen LogP contribution in [-0.4, -0.2) is 34.8 Å². The van der Waals surface area contributed by atoms with E-state index in [0.29, 0.717) is 31.1 Å². The Morgan fingerprint density at radius 1 is 1.06 bits per heavy atom. The van der Waals surface area contributed by atoms with Gasteiger partial charge in [0.2, 0.25) is 11.8 Å².